The molecule has 1 N–H and O–H groups in total. The van der Waals surface area contributed by atoms with E-state index in [0.717, 1.165) is 7.05 Å². The SMILES string of the molecule is CC(=N)N(C)S(=O)(=O)F. The van der Waals surface area contributed by atoms with Gasteiger partial charge in [-0.2, -0.15) is 8.42 Å². The van der Waals surface area contributed by atoms with Crippen molar-refractivity contribution in [1.29, 1.82) is 5.41 Å². The molecule has 9 heavy (non-hydrogen) atoms. The van der Waals surface area contributed by atoms with Crippen LogP contribution in [0.25, 0.3) is 0 Å². The fraction of sp³-hybridized carbons (Fsp3) is 0.667. The van der Waals surface area contributed by atoms with Gasteiger partial charge in [0.15, 0.2) is 0 Å². The van der Waals surface area contributed by atoms with E-state index >= 15 is 0 Å². The summed E-state index contributed by atoms with van der Waals surface area (Å²) >= 11 is 0. The second-order valence-electron chi connectivity index (χ2n) is 1.49. The van der Waals surface area contributed by atoms with E-state index in [-0.39, 0.29) is 10.1 Å². The van der Waals surface area contributed by atoms with Crippen molar-refractivity contribution in [3.63, 3.8) is 0 Å². The molecule has 0 saturated carbocycles. The van der Waals surface area contributed by atoms with Crippen molar-refractivity contribution in [3.05, 3.63) is 0 Å². The number of nitrogens with one attached hydrogen (secondary N) is 1. The van der Waals surface area contributed by atoms with Gasteiger partial charge in [0.1, 0.15) is 5.84 Å². The molecular weight excluding hydrogens is 147 g/mol. The van der Waals surface area contributed by atoms with E-state index in [1.807, 2.05) is 0 Å². The number of halogens is 1. The van der Waals surface area contributed by atoms with Crippen LogP contribution in [0.5, 0.6) is 0 Å². The molecule has 54 valence electrons. The van der Waals surface area contributed by atoms with E-state index in [9.17, 15) is 12.3 Å². The normalized spacial score (nSPS) is 11.0. The minimum absolute atomic E-state index is 0.243. The van der Waals surface area contributed by atoms with Crippen LogP contribution in [0.3, 0.4) is 0 Å². The highest BCUT2D eigenvalue weighted by Gasteiger charge is 2.14. The Bertz CT molecular complexity index is 210. The monoisotopic (exact) mass is 154 g/mol. The third kappa shape index (κ3) is 2.41. The highest BCUT2D eigenvalue weighted by molar-refractivity contribution is 7.84. The Morgan fingerprint density at radius 3 is 2.00 bits per heavy atom. The Morgan fingerprint density at radius 1 is 1.67 bits per heavy atom. The molecule has 0 fully saturated rings. The zero-order chi connectivity index (χ0) is 7.65. The highest BCUT2D eigenvalue weighted by Crippen LogP contribution is 1.97. The molecule has 0 unspecified atom stereocenters. The first-order valence-corrected chi connectivity index (χ1v) is 3.43. The summed E-state index contributed by atoms with van der Waals surface area (Å²) in [5.41, 5.74) is 0. The second kappa shape index (κ2) is 2.30. The van der Waals surface area contributed by atoms with Gasteiger partial charge in [-0.3, -0.25) is 5.41 Å². The minimum Gasteiger partial charge on any atom is -0.288 e. The first kappa shape index (κ1) is 8.35. The molecule has 6 heteroatoms. The molecule has 0 aromatic heterocycles. The van der Waals surface area contributed by atoms with Crippen LogP contribution in [0.1, 0.15) is 6.92 Å². The maximum atomic E-state index is 11.8. The molecule has 0 rings (SSSR count). The van der Waals surface area contributed by atoms with Gasteiger partial charge >= 0.3 is 10.4 Å². The summed E-state index contributed by atoms with van der Waals surface area (Å²) in [5.74, 6) is -0.350. The van der Waals surface area contributed by atoms with Crippen molar-refractivity contribution in [2.24, 2.45) is 0 Å². The van der Waals surface area contributed by atoms with Crippen molar-refractivity contribution in [2.75, 3.05) is 7.05 Å². The van der Waals surface area contributed by atoms with Crippen molar-refractivity contribution < 1.29 is 12.3 Å². The van der Waals surface area contributed by atoms with Gasteiger partial charge < -0.3 is 0 Å². The van der Waals surface area contributed by atoms with E-state index in [0.29, 0.717) is 0 Å². The second-order valence-corrected chi connectivity index (χ2v) is 2.87. The molecule has 0 atom stereocenters. The Morgan fingerprint density at radius 2 is 2.00 bits per heavy atom. The zero-order valence-corrected chi connectivity index (χ0v) is 5.87. The Labute approximate surface area is 53.1 Å². The van der Waals surface area contributed by atoms with Gasteiger partial charge in [-0.1, -0.05) is 3.89 Å². The van der Waals surface area contributed by atoms with E-state index in [1.54, 1.807) is 0 Å². The van der Waals surface area contributed by atoms with Gasteiger partial charge in [0, 0.05) is 7.05 Å². The molecule has 0 bridgehead atoms. The zero-order valence-electron chi connectivity index (χ0n) is 5.05. The fourth-order valence-corrected chi connectivity index (χ4v) is 0.491. The molecule has 0 aromatic rings. The highest BCUT2D eigenvalue weighted by atomic mass is 32.3. The van der Waals surface area contributed by atoms with Gasteiger partial charge in [0.25, 0.3) is 0 Å². The molecule has 0 aromatic carbocycles. The van der Waals surface area contributed by atoms with Crippen LogP contribution in [0, 0.1) is 5.41 Å². The van der Waals surface area contributed by atoms with Crippen LogP contribution < -0.4 is 0 Å². The lowest BCUT2D eigenvalue weighted by molar-refractivity contribution is 0.502. The summed E-state index contributed by atoms with van der Waals surface area (Å²) in [5, 5.41) is 6.66. The lowest BCUT2D eigenvalue weighted by Gasteiger charge is -2.09. The molecule has 0 radical (unpaired) electrons. The smallest absolute Gasteiger partial charge is 0.288 e. The molecule has 0 aliphatic heterocycles. The van der Waals surface area contributed by atoms with Crippen LogP contribution in [-0.2, 0) is 10.4 Å². The average molecular weight is 154 g/mol. The van der Waals surface area contributed by atoms with E-state index in [4.69, 9.17) is 5.41 Å². The van der Waals surface area contributed by atoms with Gasteiger partial charge in [-0.25, -0.2) is 4.31 Å². The lowest BCUT2D eigenvalue weighted by Crippen LogP contribution is -2.27. The predicted molar refractivity (Wildman–Crippen MR) is 31.2 cm³/mol. The van der Waals surface area contributed by atoms with Crippen LogP contribution in [0.2, 0.25) is 0 Å². The third-order valence-corrected chi connectivity index (χ3v) is 1.73. The van der Waals surface area contributed by atoms with Gasteiger partial charge in [0.2, 0.25) is 0 Å². The largest absolute Gasteiger partial charge is 0.400 e. The van der Waals surface area contributed by atoms with Crippen molar-refractivity contribution in [2.45, 2.75) is 6.92 Å². The van der Waals surface area contributed by atoms with Crippen LogP contribution in [-0.4, -0.2) is 25.6 Å². The van der Waals surface area contributed by atoms with Crippen molar-refractivity contribution >= 4 is 16.2 Å². The molecular formula is C3H7FN2O2S. The van der Waals surface area contributed by atoms with Crippen LogP contribution >= 0.6 is 0 Å². The van der Waals surface area contributed by atoms with Crippen LogP contribution in [0.15, 0.2) is 0 Å². The lowest BCUT2D eigenvalue weighted by atomic mass is 10.7. The summed E-state index contributed by atoms with van der Waals surface area (Å²) in [7, 11) is -3.72. The molecule has 0 aliphatic carbocycles. The first-order chi connectivity index (χ1) is 3.85. The van der Waals surface area contributed by atoms with E-state index in [2.05, 4.69) is 0 Å². The van der Waals surface area contributed by atoms with Crippen molar-refractivity contribution in [3.8, 4) is 0 Å². The first-order valence-electron chi connectivity index (χ1n) is 2.09. The van der Waals surface area contributed by atoms with Gasteiger partial charge in [-0.15, -0.1) is 0 Å². The maximum Gasteiger partial charge on any atom is 0.400 e. The Balaban J connectivity index is 4.43. The fourth-order valence-electron chi connectivity index (χ4n) is 0.164. The Hall–Kier alpha value is -0.650. The maximum absolute atomic E-state index is 11.8. The number of hydrogen-bond donors (Lipinski definition) is 1. The molecule has 0 aliphatic rings. The van der Waals surface area contributed by atoms with Gasteiger partial charge in [-0.05, 0) is 6.92 Å². The summed E-state index contributed by atoms with van der Waals surface area (Å²) in [4.78, 5) is 0. The summed E-state index contributed by atoms with van der Waals surface area (Å²) in [6.07, 6.45) is 0. The molecule has 4 nitrogen and oxygen atoms in total. The number of hydrogen-bond acceptors (Lipinski definition) is 3. The van der Waals surface area contributed by atoms with Crippen LogP contribution in [0.4, 0.5) is 3.89 Å². The number of rotatable bonds is 1. The summed E-state index contributed by atoms with van der Waals surface area (Å²) in [6.45, 7) is 1.18. The number of nitrogens with zero attached hydrogens (tertiary/aromatic N) is 1. The van der Waals surface area contributed by atoms with E-state index < -0.39 is 10.4 Å². The van der Waals surface area contributed by atoms with E-state index in [1.165, 1.54) is 6.92 Å². The Kier molecular flexibility index (Phi) is 2.13. The summed E-state index contributed by atoms with van der Waals surface area (Å²) < 4.78 is 31.8. The minimum atomic E-state index is -4.69. The average Bonchev–Trinajstić information content (AvgIpc) is 1.62. The van der Waals surface area contributed by atoms with Crippen molar-refractivity contribution in [1.82, 2.24) is 4.31 Å². The molecule has 0 heterocycles. The van der Waals surface area contributed by atoms with Gasteiger partial charge in [0.05, 0.1) is 0 Å². The predicted octanol–water partition coefficient (Wildman–Crippen LogP) is 0.130. The topological polar surface area (TPSA) is 61.2 Å². The quantitative estimate of drug-likeness (QED) is 0.331. The summed E-state index contributed by atoms with van der Waals surface area (Å²) in [6, 6.07) is 0. The third-order valence-electron chi connectivity index (χ3n) is 0.799. The number of amidine groups is 1. The molecule has 0 spiro atoms. The standard InChI is InChI=1S/C3H7FN2O2S/c1-3(5)6(2)9(4,7)8/h5H,1-2H3. The molecule has 0 amide bonds. The molecule has 0 saturated heterocycles.